The Hall–Kier alpha value is -2.33. The molecule has 0 saturated carbocycles. The Bertz CT molecular complexity index is 709. The number of amides is 1. The topological polar surface area (TPSA) is 50.4 Å². The van der Waals surface area contributed by atoms with Crippen LogP contribution in [0.4, 0.5) is 0 Å². The average molecular weight is 338 g/mol. The van der Waals surface area contributed by atoms with Gasteiger partial charge in [0.15, 0.2) is 0 Å². The van der Waals surface area contributed by atoms with Gasteiger partial charge in [-0.05, 0) is 56.5 Å². The summed E-state index contributed by atoms with van der Waals surface area (Å²) in [5.74, 6) is 2.38. The summed E-state index contributed by atoms with van der Waals surface area (Å²) in [6.07, 6.45) is 2.73. The van der Waals surface area contributed by atoms with Crippen LogP contribution in [0.25, 0.3) is 0 Å². The predicted octanol–water partition coefficient (Wildman–Crippen LogP) is 3.79. The van der Waals surface area contributed by atoms with Crippen molar-refractivity contribution in [1.82, 2.24) is 10.6 Å². The van der Waals surface area contributed by atoms with Crippen LogP contribution in [0.3, 0.4) is 0 Å². The molecule has 1 amide bonds. The van der Waals surface area contributed by atoms with Gasteiger partial charge in [-0.3, -0.25) is 4.79 Å². The summed E-state index contributed by atoms with van der Waals surface area (Å²) in [4.78, 5) is 12.1. The Morgan fingerprint density at radius 2 is 1.92 bits per heavy atom. The molecule has 1 aliphatic heterocycles. The standard InChI is InChI=1S/C21H26N2O2/c1-16-6-2-4-8-19(16)25-20-9-5-3-7-18(20)15-23-21(24)11-10-17-12-13-22-14-17/h2-9,17,22H,10-15H2,1H3,(H,23,24). The number of nitrogens with one attached hydrogen (secondary N) is 2. The zero-order chi connectivity index (χ0) is 17.5. The van der Waals surface area contributed by atoms with Crippen molar-refractivity contribution in [3.8, 4) is 11.5 Å². The summed E-state index contributed by atoms with van der Waals surface area (Å²) >= 11 is 0. The third kappa shape index (κ3) is 5.07. The highest BCUT2D eigenvalue weighted by Crippen LogP contribution is 2.27. The SMILES string of the molecule is Cc1ccccc1Oc1ccccc1CNC(=O)CCC1CCNC1. The smallest absolute Gasteiger partial charge is 0.220 e. The second-order valence-electron chi connectivity index (χ2n) is 6.65. The molecule has 0 spiro atoms. The molecule has 2 aromatic carbocycles. The van der Waals surface area contributed by atoms with Gasteiger partial charge in [0.05, 0.1) is 0 Å². The van der Waals surface area contributed by atoms with Crippen LogP contribution < -0.4 is 15.4 Å². The van der Waals surface area contributed by atoms with Gasteiger partial charge in [0.25, 0.3) is 0 Å². The van der Waals surface area contributed by atoms with Gasteiger partial charge >= 0.3 is 0 Å². The number of carbonyl (C=O) groups is 1. The van der Waals surface area contributed by atoms with Gasteiger partial charge in [-0.2, -0.15) is 0 Å². The number of ether oxygens (including phenoxy) is 1. The van der Waals surface area contributed by atoms with E-state index in [-0.39, 0.29) is 5.91 Å². The third-order valence-corrected chi connectivity index (χ3v) is 4.70. The fourth-order valence-electron chi connectivity index (χ4n) is 3.12. The monoisotopic (exact) mass is 338 g/mol. The van der Waals surface area contributed by atoms with Crippen LogP contribution in [0, 0.1) is 12.8 Å². The summed E-state index contributed by atoms with van der Waals surface area (Å²) in [5.41, 5.74) is 2.08. The van der Waals surface area contributed by atoms with Crippen LogP contribution in [-0.4, -0.2) is 19.0 Å². The van der Waals surface area contributed by atoms with Gasteiger partial charge in [-0.15, -0.1) is 0 Å². The summed E-state index contributed by atoms with van der Waals surface area (Å²) in [7, 11) is 0. The molecule has 4 nitrogen and oxygen atoms in total. The molecule has 1 aliphatic rings. The fourth-order valence-corrected chi connectivity index (χ4v) is 3.12. The molecule has 1 fully saturated rings. The minimum absolute atomic E-state index is 0.109. The minimum Gasteiger partial charge on any atom is -0.457 e. The fraction of sp³-hybridized carbons (Fsp3) is 0.381. The summed E-state index contributed by atoms with van der Waals surface area (Å²) in [6.45, 7) is 4.64. The van der Waals surface area contributed by atoms with Gasteiger partial charge in [0.1, 0.15) is 11.5 Å². The molecule has 25 heavy (non-hydrogen) atoms. The zero-order valence-electron chi connectivity index (χ0n) is 14.8. The van der Waals surface area contributed by atoms with E-state index in [1.165, 1.54) is 6.42 Å². The van der Waals surface area contributed by atoms with E-state index in [1.54, 1.807) is 0 Å². The summed E-state index contributed by atoms with van der Waals surface area (Å²) in [5, 5.41) is 6.37. The Labute approximate surface area is 149 Å². The van der Waals surface area contributed by atoms with Crippen LogP contribution in [0.5, 0.6) is 11.5 Å². The van der Waals surface area contributed by atoms with E-state index in [1.807, 2.05) is 55.5 Å². The highest BCUT2D eigenvalue weighted by Gasteiger charge is 2.15. The Balaban J connectivity index is 1.55. The quantitative estimate of drug-likeness (QED) is 0.807. The Morgan fingerprint density at radius 3 is 2.68 bits per heavy atom. The minimum atomic E-state index is 0.109. The van der Waals surface area contributed by atoms with E-state index in [9.17, 15) is 4.79 Å². The molecule has 3 rings (SSSR count). The van der Waals surface area contributed by atoms with Crippen molar-refractivity contribution in [2.45, 2.75) is 32.7 Å². The summed E-state index contributed by atoms with van der Waals surface area (Å²) in [6, 6.07) is 15.8. The first-order valence-corrected chi connectivity index (χ1v) is 9.01. The molecule has 1 unspecified atom stereocenters. The summed E-state index contributed by atoms with van der Waals surface area (Å²) < 4.78 is 6.05. The van der Waals surface area contributed by atoms with Crippen LogP contribution in [0.15, 0.2) is 48.5 Å². The number of carbonyl (C=O) groups excluding carboxylic acids is 1. The van der Waals surface area contributed by atoms with Crippen LogP contribution in [0.2, 0.25) is 0 Å². The molecular formula is C21H26N2O2. The molecule has 4 heteroatoms. The maximum atomic E-state index is 12.1. The highest BCUT2D eigenvalue weighted by atomic mass is 16.5. The van der Waals surface area contributed by atoms with Crippen molar-refractivity contribution in [1.29, 1.82) is 0 Å². The van der Waals surface area contributed by atoms with E-state index in [4.69, 9.17) is 4.74 Å². The average Bonchev–Trinajstić information content (AvgIpc) is 3.15. The molecular weight excluding hydrogens is 312 g/mol. The van der Waals surface area contributed by atoms with Crippen molar-refractivity contribution in [3.05, 3.63) is 59.7 Å². The Morgan fingerprint density at radius 1 is 1.16 bits per heavy atom. The van der Waals surface area contributed by atoms with Gasteiger partial charge in [0, 0.05) is 18.5 Å². The first-order valence-electron chi connectivity index (χ1n) is 9.01. The van der Waals surface area contributed by atoms with Gasteiger partial charge in [-0.25, -0.2) is 0 Å². The van der Waals surface area contributed by atoms with Crippen LogP contribution in [-0.2, 0) is 11.3 Å². The lowest BCUT2D eigenvalue weighted by Crippen LogP contribution is -2.23. The normalized spacial score (nSPS) is 16.6. The van der Waals surface area contributed by atoms with Crippen molar-refractivity contribution in [2.75, 3.05) is 13.1 Å². The number of hydrogen-bond acceptors (Lipinski definition) is 3. The van der Waals surface area contributed by atoms with E-state index in [2.05, 4.69) is 10.6 Å². The van der Waals surface area contributed by atoms with Gasteiger partial charge in [0.2, 0.25) is 5.91 Å². The van der Waals surface area contributed by atoms with Crippen molar-refractivity contribution < 1.29 is 9.53 Å². The first kappa shape index (κ1) is 17.5. The highest BCUT2D eigenvalue weighted by molar-refractivity contribution is 5.75. The number of rotatable bonds is 7. The lowest BCUT2D eigenvalue weighted by atomic mass is 10.0. The van der Waals surface area contributed by atoms with E-state index < -0.39 is 0 Å². The molecule has 1 saturated heterocycles. The molecule has 1 atom stereocenters. The molecule has 0 radical (unpaired) electrons. The maximum Gasteiger partial charge on any atom is 0.220 e. The second-order valence-corrected chi connectivity index (χ2v) is 6.65. The van der Waals surface area contributed by atoms with E-state index in [0.29, 0.717) is 18.9 Å². The molecule has 0 aliphatic carbocycles. The third-order valence-electron chi connectivity index (χ3n) is 4.70. The Kier molecular flexibility index (Phi) is 6.07. The largest absolute Gasteiger partial charge is 0.457 e. The first-order chi connectivity index (χ1) is 12.2. The van der Waals surface area contributed by atoms with Crippen molar-refractivity contribution in [3.63, 3.8) is 0 Å². The number of para-hydroxylation sites is 2. The number of benzene rings is 2. The van der Waals surface area contributed by atoms with Crippen LogP contribution in [0.1, 0.15) is 30.4 Å². The predicted molar refractivity (Wildman–Crippen MR) is 99.8 cm³/mol. The number of hydrogen-bond donors (Lipinski definition) is 2. The van der Waals surface area contributed by atoms with Gasteiger partial charge in [-0.1, -0.05) is 36.4 Å². The molecule has 2 N–H and O–H groups in total. The van der Waals surface area contributed by atoms with E-state index in [0.717, 1.165) is 42.1 Å². The lowest BCUT2D eigenvalue weighted by molar-refractivity contribution is -0.121. The maximum absolute atomic E-state index is 12.1. The molecule has 132 valence electrons. The van der Waals surface area contributed by atoms with E-state index >= 15 is 0 Å². The van der Waals surface area contributed by atoms with Crippen molar-refractivity contribution in [2.24, 2.45) is 5.92 Å². The zero-order valence-corrected chi connectivity index (χ0v) is 14.8. The molecule has 1 heterocycles. The van der Waals surface area contributed by atoms with Crippen molar-refractivity contribution >= 4 is 5.91 Å². The van der Waals surface area contributed by atoms with Crippen LogP contribution >= 0.6 is 0 Å². The lowest BCUT2D eigenvalue weighted by Gasteiger charge is -2.14. The molecule has 0 aromatic heterocycles. The molecule has 2 aromatic rings. The molecule has 0 bridgehead atoms. The van der Waals surface area contributed by atoms with Gasteiger partial charge < -0.3 is 15.4 Å². The number of aryl methyl sites for hydroxylation is 1. The second kappa shape index (κ2) is 8.67.